The number of carbonyl (C=O) groups is 1. The number of aromatic nitrogens is 2. The lowest BCUT2D eigenvalue weighted by Crippen LogP contribution is -2.38. The molecule has 3 nitrogen and oxygen atoms in total. The van der Waals surface area contributed by atoms with E-state index in [4.69, 9.17) is 0 Å². The van der Waals surface area contributed by atoms with E-state index in [9.17, 15) is 22.4 Å². The number of Topliss-reactive ketones (excluding diaryl/α,β-unsaturated/α-hetero) is 1. The van der Waals surface area contributed by atoms with E-state index in [0.717, 1.165) is 10.8 Å². The number of rotatable bonds is 5. The van der Waals surface area contributed by atoms with Crippen LogP contribution in [0.4, 0.5) is 17.6 Å². The van der Waals surface area contributed by atoms with Gasteiger partial charge in [0.1, 0.15) is 0 Å². The van der Waals surface area contributed by atoms with Gasteiger partial charge in [0, 0.05) is 18.9 Å². The first kappa shape index (κ1) is 12.7. The number of imidazole rings is 1. The fourth-order valence-corrected chi connectivity index (χ4v) is 1.19. The van der Waals surface area contributed by atoms with Crippen LogP contribution in [0.15, 0.2) is 12.4 Å². The number of ketones is 1. The van der Waals surface area contributed by atoms with Crippen LogP contribution < -0.4 is 0 Å². The quantitative estimate of drug-likeness (QED) is 0.583. The fourth-order valence-electron chi connectivity index (χ4n) is 1.19. The average Bonchev–Trinajstić information content (AvgIpc) is 2.65. The Labute approximate surface area is 89.1 Å². The molecule has 0 aliphatic carbocycles. The molecule has 0 bridgehead atoms. The molecule has 7 heteroatoms. The van der Waals surface area contributed by atoms with E-state index in [2.05, 4.69) is 4.98 Å². The number of nitrogens with zero attached hydrogens (tertiary/aromatic N) is 2. The second kappa shape index (κ2) is 4.63. The molecule has 0 aliphatic heterocycles. The first-order valence-electron chi connectivity index (χ1n) is 4.63. The molecule has 1 heterocycles. The number of carbonyl (C=O) groups excluding carboxylic acids is 1. The van der Waals surface area contributed by atoms with E-state index in [-0.39, 0.29) is 6.54 Å². The minimum Gasteiger partial charge on any atom is -0.328 e. The highest BCUT2D eigenvalue weighted by molar-refractivity contribution is 5.98. The normalized spacial score (nSPS) is 12.1. The highest BCUT2D eigenvalue weighted by Gasteiger charge is 2.50. The molecule has 0 aliphatic rings. The summed E-state index contributed by atoms with van der Waals surface area (Å²) < 4.78 is 50.6. The van der Waals surface area contributed by atoms with Gasteiger partial charge in [0.15, 0.2) is 5.82 Å². The highest BCUT2D eigenvalue weighted by atomic mass is 19.3. The van der Waals surface area contributed by atoms with Crippen molar-refractivity contribution >= 4 is 5.78 Å². The Balaban J connectivity index is 3.00. The van der Waals surface area contributed by atoms with E-state index in [0.29, 0.717) is 6.42 Å². The molecule has 0 saturated carbocycles. The van der Waals surface area contributed by atoms with Gasteiger partial charge in [0.05, 0.1) is 0 Å². The molecule has 0 saturated heterocycles. The van der Waals surface area contributed by atoms with Crippen molar-refractivity contribution in [3.8, 4) is 0 Å². The minimum atomic E-state index is -4.68. The second-order valence-corrected chi connectivity index (χ2v) is 3.20. The second-order valence-electron chi connectivity index (χ2n) is 3.20. The Kier molecular flexibility index (Phi) is 3.66. The minimum absolute atomic E-state index is 0.278. The van der Waals surface area contributed by atoms with Crippen LogP contribution >= 0.6 is 0 Å². The van der Waals surface area contributed by atoms with E-state index < -0.39 is 24.0 Å². The van der Waals surface area contributed by atoms with Crippen LogP contribution in [-0.4, -0.2) is 27.7 Å². The van der Waals surface area contributed by atoms with E-state index in [1.807, 2.05) is 0 Å². The molecule has 0 spiro atoms. The molecule has 0 unspecified atom stereocenters. The smallest absolute Gasteiger partial charge is 0.328 e. The number of hydrogen-bond acceptors (Lipinski definition) is 2. The van der Waals surface area contributed by atoms with Gasteiger partial charge < -0.3 is 4.57 Å². The van der Waals surface area contributed by atoms with Gasteiger partial charge in [0.25, 0.3) is 5.78 Å². The monoisotopic (exact) mass is 238 g/mol. The average molecular weight is 238 g/mol. The molecular weight excluding hydrogens is 228 g/mol. The van der Waals surface area contributed by atoms with Crippen LogP contribution in [0.5, 0.6) is 0 Å². The zero-order valence-electron chi connectivity index (χ0n) is 8.46. The number of hydrogen-bond donors (Lipinski definition) is 0. The van der Waals surface area contributed by atoms with Crippen LogP contribution in [-0.2, 0) is 6.54 Å². The van der Waals surface area contributed by atoms with Crippen molar-refractivity contribution in [3.63, 3.8) is 0 Å². The predicted octanol–water partition coefficient (Wildman–Crippen LogP) is 2.38. The summed E-state index contributed by atoms with van der Waals surface area (Å²) in [6.07, 6.45) is -1.01. The SMILES string of the molecule is CCCn1ccnc1C(=O)C(F)(F)C(F)F. The van der Waals surface area contributed by atoms with Gasteiger partial charge in [-0.1, -0.05) is 6.92 Å². The van der Waals surface area contributed by atoms with Crippen molar-refractivity contribution < 1.29 is 22.4 Å². The third-order valence-electron chi connectivity index (χ3n) is 1.96. The van der Waals surface area contributed by atoms with Crippen LogP contribution in [0.1, 0.15) is 24.0 Å². The number of halogens is 4. The number of alkyl halides is 4. The Bertz CT molecular complexity index is 375. The molecule has 0 fully saturated rings. The third-order valence-corrected chi connectivity index (χ3v) is 1.96. The molecule has 0 aromatic carbocycles. The largest absolute Gasteiger partial charge is 0.372 e. The Morgan fingerprint density at radius 1 is 1.56 bits per heavy atom. The summed E-state index contributed by atoms with van der Waals surface area (Å²) in [5.41, 5.74) is 0. The van der Waals surface area contributed by atoms with Crippen molar-refractivity contribution in [1.82, 2.24) is 9.55 Å². The third kappa shape index (κ3) is 2.23. The van der Waals surface area contributed by atoms with Crippen LogP contribution in [0, 0.1) is 0 Å². The van der Waals surface area contributed by atoms with Gasteiger partial charge >= 0.3 is 12.3 Å². The Hall–Kier alpha value is -1.40. The molecule has 90 valence electrons. The lowest BCUT2D eigenvalue weighted by molar-refractivity contribution is -0.0964. The van der Waals surface area contributed by atoms with Gasteiger partial charge in [-0.05, 0) is 6.42 Å². The summed E-state index contributed by atoms with van der Waals surface area (Å²) in [4.78, 5) is 14.5. The Morgan fingerprint density at radius 2 is 2.19 bits per heavy atom. The van der Waals surface area contributed by atoms with Crippen LogP contribution in [0.2, 0.25) is 0 Å². The standard InChI is InChI=1S/C9H10F4N2O/c1-2-4-15-5-3-14-7(15)6(16)9(12,13)8(10)11/h3,5,8H,2,4H2,1H3. The van der Waals surface area contributed by atoms with E-state index in [1.165, 1.54) is 6.20 Å². The topological polar surface area (TPSA) is 34.9 Å². The molecule has 16 heavy (non-hydrogen) atoms. The van der Waals surface area contributed by atoms with Gasteiger partial charge in [0.2, 0.25) is 0 Å². The zero-order chi connectivity index (χ0) is 12.3. The van der Waals surface area contributed by atoms with Crippen LogP contribution in [0.3, 0.4) is 0 Å². The molecule has 1 rings (SSSR count). The van der Waals surface area contributed by atoms with Crippen molar-refractivity contribution in [2.75, 3.05) is 0 Å². The summed E-state index contributed by atoms with van der Waals surface area (Å²) in [6, 6.07) is 0. The maximum absolute atomic E-state index is 12.8. The predicted molar refractivity (Wildman–Crippen MR) is 47.8 cm³/mol. The summed E-state index contributed by atoms with van der Waals surface area (Å²) in [6.45, 7) is 2.04. The summed E-state index contributed by atoms with van der Waals surface area (Å²) >= 11 is 0. The lowest BCUT2D eigenvalue weighted by atomic mass is 10.2. The van der Waals surface area contributed by atoms with Gasteiger partial charge in [-0.3, -0.25) is 4.79 Å². The molecule has 0 atom stereocenters. The molecule has 0 N–H and O–H groups in total. The maximum Gasteiger partial charge on any atom is 0.372 e. The summed E-state index contributed by atoms with van der Waals surface area (Å²) in [7, 11) is 0. The van der Waals surface area contributed by atoms with Gasteiger partial charge in [-0.15, -0.1) is 0 Å². The fraction of sp³-hybridized carbons (Fsp3) is 0.556. The van der Waals surface area contributed by atoms with Crippen molar-refractivity contribution in [3.05, 3.63) is 18.2 Å². The van der Waals surface area contributed by atoms with E-state index >= 15 is 0 Å². The number of aryl methyl sites for hydroxylation is 1. The van der Waals surface area contributed by atoms with Crippen molar-refractivity contribution in [2.45, 2.75) is 32.2 Å². The van der Waals surface area contributed by atoms with Gasteiger partial charge in [-0.2, -0.15) is 8.78 Å². The molecule has 1 aromatic heterocycles. The van der Waals surface area contributed by atoms with Crippen molar-refractivity contribution in [2.24, 2.45) is 0 Å². The molecule has 1 aromatic rings. The lowest BCUT2D eigenvalue weighted by Gasteiger charge is -2.14. The Morgan fingerprint density at radius 3 is 2.69 bits per heavy atom. The molecule has 0 radical (unpaired) electrons. The highest BCUT2D eigenvalue weighted by Crippen LogP contribution is 2.26. The summed E-state index contributed by atoms with van der Waals surface area (Å²) in [5.74, 6) is -7.26. The van der Waals surface area contributed by atoms with Crippen LogP contribution in [0.25, 0.3) is 0 Å². The zero-order valence-corrected chi connectivity index (χ0v) is 8.46. The molecular formula is C9H10F4N2O. The maximum atomic E-state index is 12.8. The summed E-state index contributed by atoms with van der Waals surface area (Å²) in [5, 5.41) is 0. The first-order chi connectivity index (χ1) is 7.41. The molecule has 0 amide bonds. The van der Waals surface area contributed by atoms with Crippen molar-refractivity contribution in [1.29, 1.82) is 0 Å². The first-order valence-corrected chi connectivity index (χ1v) is 4.63. The van der Waals surface area contributed by atoms with E-state index in [1.54, 1.807) is 6.92 Å². The van der Waals surface area contributed by atoms with Gasteiger partial charge in [-0.25, -0.2) is 13.8 Å².